The zero-order valence-electron chi connectivity index (χ0n) is 68.8. The summed E-state index contributed by atoms with van der Waals surface area (Å²) in [7, 11) is 0. The van der Waals surface area contributed by atoms with Crippen LogP contribution in [0.25, 0.3) is 0 Å². The predicted octanol–water partition coefficient (Wildman–Crippen LogP) is 8.31. The first kappa shape index (κ1) is 116. The van der Waals surface area contributed by atoms with Crippen LogP contribution in [0.5, 0.6) is 0 Å². The van der Waals surface area contributed by atoms with E-state index in [2.05, 4.69) is 28.4 Å². The Hall–Kier alpha value is -8.46. The van der Waals surface area contributed by atoms with Gasteiger partial charge in [-0.25, -0.2) is 33.6 Å². The van der Waals surface area contributed by atoms with Gasteiger partial charge in [-0.2, -0.15) is 0 Å². The summed E-state index contributed by atoms with van der Waals surface area (Å²) in [5.41, 5.74) is 32.4. The van der Waals surface area contributed by atoms with E-state index in [0.717, 1.165) is 32.1 Å². The lowest BCUT2D eigenvalue weighted by Crippen LogP contribution is -2.47. The minimum Gasteiger partial charge on any atom is -0.480 e. The van der Waals surface area contributed by atoms with Crippen LogP contribution in [0.15, 0.2) is 30.3 Å². The minimum atomic E-state index is -1.24. The van der Waals surface area contributed by atoms with Crippen LogP contribution in [0.1, 0.15) is 180 Å². The molecule has 1 aliphatic rings. The number of rotatable bonds is 34. The predicted molar refractivity (Wildman–Crippen MR) is 431 cm³/mol. The molecule has 0 heterocycles. The summed E-state index contributed by atoms with van der Waals surface area (Å²) in [6, 6.07) is 0.903. The van der Waals surface area contributed by atoms with E-state index in [4.69, 9.17) is 93.5 Å². The zero-order chi connectivity index (χ0) is 92.8. The SMILES string of the molecule is CC(=O)OCOC(=O)SC(C)(C)[C@@H](N)C(=O)O.CC(C)(C)C(=O)OCOC(=O)SC(C)(C)[C@@H](N)C(=O)O.CC(C)(SC(=O)OCOC(=O)C1CCCCC1)[C@@H](N)C(=O)O.CC(C)(SC(=O)OCOC(=O)c1ccccc1)[C@@H](N)C(=O)O.CC(C)C(=O)OCOC(=O)SC(C)(C)[C@@H](N)C(=O)O.CCC(=O)OCOC(=O)SC(C)(C)[C@@H](N)C(=O)O. The standard InChI is InChI=1S/C14H23NO6S.C14H17NO6S.C12H21NO6S.C11H19NO6S.C10H17NO6S.C9H15NO6S/c2*1-14(2,10(15)11(16)17)22-13(19)21-8-20-12(18)9-6-4-3-5-7-9;1-11(2,3)9(16)18-6-19-10(17)20-12(4,5)7(13)8(14)15;1-6(2)9(15)17-5-18-10(16)19-11(3,4)7(12)8(13)14;1-4-6(12)16-5-17-9(15)18-10(2,3)7(11)8(13)14;1-5(11)15-4-16-8(14)17-9(2,3)6(10)7(12)13/h9-10H,3-8,15H2,1-2H3,(H,16,17);3-7,10H,8,15H2,1-2H3,(H,16,17);7H,6,13H2,1-5H3,(H,14,15);6-7H,5,12H2,1-4H3,(H,13,14);7H,4-5,11H2,1-3H3,(H,13,14);6H,4,10H2,1-3H3,(H,12,13)/t2*10-;3*7-;6-/m000000/s1. The summed E-state index contributed by atoms with van der Waals surface area (Å²) in [6.07, 6.45) is 4.95. The molecule has 1 aromatic rings. The van der Waals surface area contributed by atoms with E-state index in [1.165, 1.54) is 90.0 Å². The van der Waals surface area contributed by atoms with Crippen molar-refractivity contribution in [3.05, 3.63) is 35.9 Å². The molecule has 18 N–H and O–H groups in total. The first-order chi connectivity index (χ1) is 53.8. The Bertz CT molecular complexity index is 3500. The average Bonchev–Trinajstić information content (AvgIpc) is 0.879. The summed E-state index contributed by atoms with van der Waals surface area (Å²) in [6.45, 7) is 26.2. The molecule has 1 fully saturated rings. The van der Waals surface area contributed by atoms with E-state index in [9.17, 15) is 86.3 Å². The number of esters is 6. The number of nitrogens with two attached hydrogens (primary N) is 6. The Morgan fingerprint density at radius 3 is 0.873 bits per heavy atom. The second-order valence-electron chi connectivity index (χ2n) is 28.6. The fourth-order valence-corrected chi connectivity index (χ4v) is 11.7. The highest BCUT2D eigenvalue weighted by atomic mass is 32.2. The highest BCUT2D eigenvalue weighted by Crippen LogP contribution is 2.35. The van der Waals surface area contributed by atoms with Gasteiger partial charge in [0, 0.05) is 41.8 Å². The molecule has 0 aliphatic heterocycles. The lowest BCUT2D eigenvalue weighted by atomic mass is 9.89. The number of aliphatic carboxylic acids is 6. The molecule has 0 radical (unpaired) electrons. The van der Waals surface area contributed by atoms with Gasteiger partial charge in [0.05, 0.1) is 22.8 Å². The Kier molecular flexibility index (Phi) is 55.1. The molecule has 0 aromatic heterocycles. The molecule has 48 heteroatoms. The van der Waals surface area contributed by atoms with Gasteiger partial charge < -0.3 is 122 Å². The number of hydrogen-bond donors (Lipinski definition) is 12. The molecule has 1 aliphatic carbocycles. The van der Waals surface area contributed by atoms with E-state index in [-0.39, 0.29) is 24.2 Å². The van der Waals surface area contributed by atoms with E-state index in [1.54, 1.807) is 71.9 Å². The molecule has 1 saturated carbocycles. The van der Waals surface area contributed by atoms with Crippen molar-refractivity contribution >= 4 is 174 Å². The molecule has 1 aromatic carbocycles. The summed E-state index contributed by atoms with van der Waals surface area (Å²) >= 11 is 3.85. The van der Waals surface area contributed by atoms with E-state index in [0.29, 0.717) is 76.1 Å². The summed E-state index contributed by atoms with van der Waals surface area (Å²) in [4.78, 5) is 200. The van der Waals surface area contributed by atoms with Crippen LogP contribution in [0.2, 0.25) is 0 Å². The molecule has 0 unspecified atom stereocenters. The monoisotopic (exact) mass is 1800 g/mol. The van der Waals surface area contributed by atoms with E-state index in [1.807, 2.05) is 0 Å². The number of hydrogen-bond acceptors (Lipinski definition) is 42. The number of carboxylic acids is 6. The summed E-state index contributed by atoms with van der Waals surface area (Å²) < 4.78 is 49.9. The van der Waals surface area contributed by atoms with Crippen molar-refractivity contribution in [2.45, 2.75) is 235 Å². The molecule has 42 nitrogen and oxygen atoms in total. The molecule has 0 saturated heterocycles. The fourth-order valence-electron chi connectivity index (χ4n) is 7.07. The van der Waals surface area contributed by atoms with Crippen molar-refractivity contribution in [1.29, 1.82) is 0 Å². The van der Waals surface area contributed by atoms with Crippen molar-refractivity contribution in [2.24, 2.45) is 51.7 Å². The zero-order valence-corrected chi connectivity index (χ0v) is 73.7. The second kappa shape index (κ2) is 56.1. The van der Waals surface area contributed by atoms with Crippen molar-refractivity contribution in [1.82, 2.24) is 0 Å². The Balaban J connectivity index is -0.000000663. The molecule has 2 rings (SSSR count). The van der Waals surface area contributed by atoms with E-state index < -0.39 is 208 Å². The van der Waals surface area contributed by atoms with Crippen molar-refractivity contribution in [3.63, 3.8) is 0 Å². The van der Waals surface area contributed by atoms with Gasteiger partial charge >= 0.3 is 103 Å². The quantitative estimate of drug-likeness (QED) is 0.0175. The number of carbonyl (C=O) groups excluding carboxylic acids is 12. The van der Waals surface area contributed by atoms with Gasteiger partial charge in [0.15, 0.2) is 0 Å². The van der Waals surface area contributed by atoms with Gasteiger partial charge in [0.1, 0.15) is 36.3 Å². The number of thioether (sulfide) groups is 6. The highest BCUT2D eigenvalue weighted by molar-refractivity contribution is 8.15. The maximum atomic E-state index is 11.7. The van der Waals surface area contributed by atoms with Crippen LogP contribution in [0.4, 0.5) is 28.8 Å². The topological polar surface area (TPSA) is 696 Å². The minimum absolute atomic E-state index is 0.114. The maximum absolute atomic E-state index is 11.7. The maximum Gasteiger partial charge on any atom is 0.370 e. The molecule has 674 valence electrons. The van der Waals surface area contributed by atoms with Crippen LogP contribution >= 0.6 is 70.6 Å². The largest absolute Gasteiger partial charge is 0.480 e. The number of ether oxygens (including phenoxy) is 12. The number of carboxylic acid groups (broad SMARTS) is 6. The lowest BCUT2D eigenvalue weighted by molar-refractivity contribution is -0.161. The Morgan fingerprint density at radius 1 is 0.364 bits per heavy atom. The van der Waals surface area contributed by atoms with Gasteiger partial charge in [-0.15, -0.1) is 0 Å². The second-order valence-corrected chi connectivity index (χ2v) is 38.1. The fraction of sp³-hybridized carbons (Fsp3) is 0.657. The molecular formula is C70H112N6O36S6. The van der Waals surface area contributed by atoms with Gasteiger partial charge in [-0.3, -0.25) is 52.7 Å². The smallest absolute Gasteiger partial charge is 0.370 e. The normalized spacial score (nSPS) is 13.7. The van der Waals surface area contributed by atoms with Gasteiger partial charge in [0.25, 0.3) is 0 Å². The summed E-state index contributed by atoms with van der Waals surface area (Å²) in [5.74, 6) is -10.7. The first-order valence-electron chi connectivity index (χ1n) is 34.9. The molecule has 0 bridgehead atoms. The third-order valence-electron chi connectivity index (χ3n) is 14.8. The van der Waals surface area contributed by atoms with E-state index >= 15 is 0 Å². The number of carbonyl (C=O) groups is 18. The van der Waals surface area contributed by atoms with Gasteiger partial charge in [-0.05, 0) is 199 Å². The van der Waals surface area contributed by atoms with Crippen molar-refractivity contribution in [2.75, 3.05) is 40.8 Å². The average molecular weight is 1810 g/mol. The highest BCUT2D eigenvalue weighted by Gasteiger charge is 2.41. The van der Waals surface area contributed by atoms with Crippen LogP contribution in [-0.4, -0.2) is 240 Å². The lowest BCUT2D eigenvalue weighted by Gasteiger charge is -2.26. The number of benzene rings is 1. The van der Waals surface area contributed by atoms with Crippen molar-refractivity contribution < 1.29 is 174 Å². The van der Waals surface area contributed by atoms with Crippen LogP contribution in [0, 0.1) is 17.3 Å². The van der Waals surface area contributed by atoms with Crippen LogP contribution in [0.3, 0.4) is 0 Å². The Labute approximate surface area is 707 Å². The third kappa shape index (κ3) is 51.8. The molecular weight excluding hydrogens is 1690 g/mol. The van der Waals surface area contributed by atoms with Gasteiger partial charge in [0.2, 0.25) is 40.8 Å². The van der Waals surface area contributed by atoms with Crippen molar-refractivity contribution in [3.8, 4) is 0 Å². The molecule has 6 atom stereocenters. The molecule has 0 amide bonds. The first-order valence-corrected chi connectivity index (χ1v) is 39.8. The Morgan fingerprint density at radius 2 is 0.619 bits per heavy atom. The van der Waals surface area contributed by atoms with Crippen LogP contribution < -0.4 is 34.4 Å². The van der Waals surface area contributed by atoms with Crippen LogP contribution in [-0.2, 0) is 110 Å². The third-order valence-corrected chi connectivity index (χ3v) is 21.2. The molecule has 118 heavy (non-hydrogen) atoms. The molecule has 0 spiro atoms. The summed E-state index contributed by atoms with van der Waals surface area (Å²) in [5, 5.41) is 48.3. The van der Waals surface area contributed by atoms with Gasteiger partial charge in [-0.1, -0.05) is 58.2 Å².